The molecule has 0 aliphatic rings. The number of hydrogen-bond acceptors (Lipinski definition) is 6. The largest absolute Gasteiger partial charge is 0.458 e. The monoisotopic (exact) mass is 382 g/mol. The molecule has 0 saturated carbocycles. The number of carbonyl (C=O) groups excluding carboxylic acids is 1. The molecule has 0 aliphatic heterocycles. The zero-order valence-corrected chi connectivity index (χ0v) is 15.6. The first-order valence-electron chi connectivity index (χ1n) is 8.56. The molecule has 10 heteroatoms. The Kier molecular flexibility index (Phi) is 4.10. The van der Waals surface area contributed by atoms with Crippen LogP contribution < -0.4 is 11.2 Å². The summed E-state index contributed by atoms with van der Waals surface area (Å²) < 4.78 is 10.8. The maximum Gasteiger partial charge on any atom is 0.332 e. The van der Waals surface area contributed by atoms with Crippen LogP contribution in [0.3, 0.4) is 0 Å². The average molecular weight is 382 g/mol. The minimum atomic E-state index is -0.538. The van der Waals surface area contributed by atoms with Crippen molar-refractivity contribution < 1.29 is 9.53 Å². The second kappa shape index (κ2) is 6.48. The molecule has 0 fully saturated rings. The molecule has 144 valence electrons. The maximum absolute atomic E-state index is 12.4. The van der Waals surface area contributed by atoms with Gasteiger partial charge in [0.15, 0.2) is 11.2 Å². The number of hydrogen-bond donors (Lipinski definition) is 0. The van der Waals surface area contributed by atoms with Gasteiger partial charge in [0.2, 0.25) is 0 Å². The summed E-state index contributed by atoms with van der Waals surface area (Å²) in [5, 5.41) is 0. The Morgan fingerprint density at radius 1 is 1.18 bits per heavy atom. The molecule has 4 aromatic rings. The summed E-state index contributed by atoms with van der Waals surface area (Å²) in [6, 6.07) is 3.87. The van der Waals surface area contributed by atoms with Crippen LogP contribution in [0.15, 0.2) is 40.4 Å². The van der Waals surface area contributed by atoms with Gasteiger partial charge in [0.25, 0.3) is 5.56 Å². The number of imidazole rings is 2. The quantitative estimate of drug-likeness (QED) is 0.465. The topological polar surface area (TPSA) is 105 Å². The minimum Gasteiger partial charge on any atom is -0.458 e. The lowest BCUT2D eigenvalue weighted by Gasteiger charge is -2.06. The van der Waals surface area contributed by atoms with Crippen molar-refractivity contribution in [2.24, 2.45) is 14.1 Å². The van der Waals surface area contributed by atoms with E-state index in [1.165, 1.54) is 29.6 Å². The third-order valence-electron chi connectivity index (χ3n) is 4.63. The number of fused-ring (bicyclic) bond motifs is 2. The molecule has 0 N–H and O–H groups in total. The molecule has 0 atom stereocenters. The molecule has 0 aliphatic carbocycles. The Morgan fingerprint density at radius 3 is 2.71 bits per heavy atom. The molecule has 0 spiro atoms. The number of rotatable bonds is 4. The second-order valence-electron chi connectivity index (χ2n) is 6.57. The van der Waals surface area contributed by atoms with Crippen molar-refractivity contribution in [2.45, 2.75) is 20.1 Å². The summed E-state index contributed by atoms with van der Waals surface area (Å²) in [4.78, 5) is 45.2. The molecule has 28 heavy (non-hydrogen) atoms. The number of aryl methyl sites for hydroxylation is 2. The van der Waals surface area contributed by atoms with Crippen molar-refractivity contribution in [3.63, 3.8) is 0 Å². The normalized spacial score (nSPS) is 11.4. The molecule has 0 amide bonds. The van der Waals surface area contributed by atoms with Gasteiger partial charge in [0, 0.05) is 26.5 Å². The van der Waals surface area contributed by atoms with Crippen molar-refractivity contribution in [1.82, 2.24) is 28.1 Å². The first-order chi connectivity index (χ1) is 13.4. The Hall–Kier alpha value is -3.69. The van der Waals surface area contributed by atoms with Crippen molar-refractivity contribution in [1.29, 1.82) is 0 Å². The van der Waals surface area contributed by atoms with Crippen LogP contribution in [0, 0.1) is 6.92 Å². The van der Waals surface area contributed by atoms with Crippen LogP contribution in [0.2, 0.25) is 0 Å². The third-order valence-corrected chi connectivity index (χ3v) is 4.63. The maximum atomic E-state index is 12.4. The van der Waals surface area contributed by atoms with Crippen LogP contribution in [0.1, 0.15) is 11.3 Å². The van der Waals surface area contributed by atoms with Crippen molar-refractivity contribution in [2.75, 3.05) is 0 Å². The van der Waals surface area contributed by atoms with Gasteiger partial charge in [-0.25, -0.2) is 14.8 Å². The highest BCUT2D eigenvalue weighted by Gasteiger charge is 2.16. The van der Waals surface area contributed by atoms with Gasteiger partial charge in [0.05, 0.1) is 12.0 Å². The number of aromatic nitrogens is 6. The van der Waals surface area contributed by atoms with Crippen LogP contribution in [0.5, 0.6) is 0 Å². The smallest absolute Gasteiger partial charge is 0.332 e. The zero-order chi connectivity index (χ0) is 20.0. The van der Waals surface area contributed by atoms with Crippen molar-refractivity contribution in [3.8, 4) is 0 Å². The van der Waals surface area contributed by atoms with Gasteiger partial charge in [-0.05, 0) is 18.6 Å². The summed E-state index contributed by atoms with van der Waals surface area (Å²) >= 11 is 0. The third kappa shape index (κ3) is 2.79. The summed E-state index contributed by atoms with van der Waals surface area (Å²) in [5.41, 5.74) is 1.84. The van der Waals surface area contributed by atoms with Gasteiger partial charge in [-0.2, -0.15) is 0 Å². The van der Waals surface area contributed by atoms with E-state index in [0.717, 1.165) is 15.8 Å². The lowest BCUT2D eigenvalue weighted by molar-refractivity contribution is -0.145. The van der Waals surface area contributed by atoms with E-state index in [1.54, 1.807) is 6.20 Å². The highest BCUT2D eigenvalue weighted by Crippen LogP contribution is 2.11. The van der Waals surface area contributed by atoms with E-state index < -0.39 is 17.2 Å². The number of nitrogens with zero attached hydrogens (tertiary/aromatic N) is 6. The van der Waals surface area contributed by atoms with E-state index in [-0.39, 0.29) is 24.3 Å². The van der Waals surface area contributed by atoms with Gasteiger partial charge in [-0.3, -0.25) is 18.7 Å². The summed E-state index contributed by atoms with van der Waals surface area (Å²) in [6.45, 7) is 1.77. The van der Waals surface area contributed by atoms with E-state index in [1.807, 2.05) is 29.7 Å². The fourth-order valence-corrected chi connectivity index (χ4v) is 3.13. The van der Waals surface area contributed by atoms with Crippen LogP contribution in [-0.4, -0.2) is 34.0 Å². The Bertz CT molecular complexity index is 1340. The van der Waals surface area contributed by atoms with Crippen LogP contribution in [0.4, 0.5) is 0 Å². The van der Waals surface area contributed by atoms with E-state index in [0.29, 0.717) is 5.69 Å². The fourth-order valence-electron chi connectivity index (χ4n) is 3.13. The minimum absolute atomic E-state index is 0.0169. The molecule has 10 nitrogen and oxygen atoms in total. The van der Waals surface area contributed by atoms with Crippen LogP contribution >= 0.6 is 0 Å². The van der Waals surface area contributed by atoms with Crippen molar-refractivity contribution in [3.05, 3.63) is 62.9 Å². The second-order valence-corrected chi connectivity index (χ2v) is 6.57. The molecule has 4 heterocycles. The molecule has 4 rings (SSSR count). The average Bonchev–Trinajstić information content (AvgIpc) is 3.28. The zero-order valence-electron chi connectivity index (χ0n) is 15.6. The molecule has 0 bridgehead atoms. The van der Waals surface area contributed by atoms with Gasteiger partial charge < -0.3 is 13.7 Å². The molecule has 0 aromatic carbocycles. The highest BCUT2D eigenvalue weighted by molar-refractivity contribution is 5.75. The Morgan fingerprint density at radius 2 is 1.96 bits per heavy atom. The van der Waals surface area contributed by atoms with Crippen molar-refractivity contribution >= 4 is 22.8 Å². The predicted molar refractivity (Wildman–Crippen MR) is 99.9 cm³/mol. The van der Waals surface area contributed by atoms with E-state index >= 15 is 0 Å². The predicted octanol–water partition coefficient (Wildman–Crippen LogP) is 0.133. The number of carbonyl (C=O) groups is 1. The van der Waals surface area contributed by atoms with Gasteiger partial charge in [-0.1, -0.05) is 6.07 Å². The Balaban J connectivity index is 1.55. The highest BCUT2D eigenvalue weighted by atomic mass is 16.5. The SMILES string of the molecule is Cc1cccn2cc(COC(=O)Cn3cnc4c3c(=O)n(C)c(=O)n4C)nc12. The molecule has 4 aromatic heterocycles. The molecule has 0 saturated heterocycles. The molecular formula is C18H18N6O4. The number of ether oxygens (including phenoxy) is 1. The first kappa shape index (κ1) is 17.7. The van der Waals surface area contributed by atoms with Gasteiger partial charge >= 0.3 is 11.7 Å². The molecule has 0 radical (unpaired) electrons. The van der Waals surface area contributed by atoms with Crippen LogP contribution in [0.25, 0.3) is 16.8 Å². The fraction of sp³-hybridized carbons (Fsp3) is 0.278. The van der Waals surface area contributed by atoms with E-state index in [4.69, 9.17) is 4.74 Å². The standard InChI is InChI=1S/C18H18N6O4/c1-11-5-4-6-23-7-12(20-15(11)23)9-28-13(25)8-24-10-19-16-14(24)17(26)22(3)18(27)21(16)2/h4-7,10H,8-9H2,1-3H3. The summed E-state index contributed by atoms with van der Waals surface area (Å²) in [5.74, 6) is -0.538. The Labute approximate surface area is 158 Å². The summed E-state index contributed by atoms with van der Waals surface area (Å²) in [6.07, 6.45) is 5.02. The number of esters is 1. The first-order valence-corrected chi connectivity index (χ1v) is 8.56. The molecule has 0 unspecified atom stereocenters. The van der Waals surface area contributed by atoms with Gasteiger partial charge in [-0.15, -0.1) is 0 Å². The lowest BCUT2D eigenvalue weighted by Crippen LogP contribution is -2.37. The number of pyridine rings is 1. The van der Waals surface area contributed by atoms with E-state index in [2.05, 4.69) is 9.97 Å². The van der Waals surface area contributed by atoms with Crippen LogP contribution in [-0.2, 0) is 36.8 Å². The van der Waals surface area contributed by atoms with Gasteiger partial charge in [0.1, 0.15) is 18.8 Å². The lowest BCUT2D eigenvalue weighted by atomic mass is 10.3. The molecular weight excluding hydrogens is 364 g/mol. The van der Waals surface area contributed by atoms with E-state index in [9.17, 15) is 14.4 Å². The summed E-state index contributed by atoms with van der Waals surface area (Å²) in [7, 11) is 2.90.